The van der Waals surface area contributed by atoms with Crippen LogP contribution in [-0.2, 0) is 22.3 Å². The van der Waals surface area contributed by atoms with Gasteiger partial charge in [-0.25, -0.2) is 4.39 Å². The van der Waals surface area contributed by atoms with Crippen LogP contribution in [0, 0.1) is 11.7 Å². The van der Waals surface area contributed by atoms with Gasteiger partial charge < -0.3 is 9.84 Å². The van der Waals surface area contributed by atoms with Crippen LogP contribution < -0.4 is 0 Å². The van der Waals surface area contributed by atoms with E-state index in [-0.39, 0.29) is 18.6 Å². The Bertz CT molecular complexity index is 860. The number of hydrogen-bond donors (Lipinski definition) is 1. The summed E-state index contributed by atoms with van der Waals surface area (Å²) in [7, 11) is 0. The number of hydrogen-bond acceptors (Lipinski definition) is 3. The summed E-state index contributed by atoms with van der Waals surface area (Å²) in [5.41, 5.74) is -2.19. The summed E-state index contributed by atoms with van der Waals surface area (Å²) in [5.74, 6) is -2.45. The summed E-state index contributed by atoms with van der Waals surface area (Å²) >= 11 is 0. The molecule has 0 aliphatic rings. The van der Waals surface area contributed by atoms with Crippen LogP contribution in [0.5, 0.6) is 0 Å². The third kappa shape index (κ3) is 6.42. The molecule has 0 saturated carbocycles. The molecule has 0 bridgehead atoms. The molecule has 7 heteroatoms. The molecule has 156 valence electrons. The molecule has 0 radical (unpaired) electrons. The normalized spacial score (nSPS) is 14.2. The Morgan fingerprint density at radius 3 is 2.38 bits per heavy atom. The number of esters is 1. The van der Waals surface area contributed by atoms with Crippen molar-refractivity contribution < 1.29 is 32.2 Å². The molecule has 2 aromatic rings. The van der Waals surface area contributed by atoms with Crippen molar-refractivity contribution >= 4 is 12.0 Å². The van der Waals surface area contributed by atoms with Crippen LogP contribution in [0.15, 0.2) is 54.6 Å². The number of carbonyl (C=O) groups is 1. The third-order valence-corrected chi connectivity index (χ3v) is 4.53. The molecule has 2 aromatic carbocycles. The second-order valence-electron chi connectivity index (χ2n) is 7.04. The van der Waals surface area contributed by atoms with Gasteiger partial charge in [0.25, 0.3) is 0 Å². The van der Waals surface area contributed by atoms with Crippen molar-refractivity contribution in [1.29, 1.82) is 0 Å². The predicted molar refractivity (Wildman–Crippen MR) is 101 cm³/mol. The Morgan fingerprint density at radius 1 is 1.14 bits per heavy atom. The maximum Gasteiger partial charge on any atom is 0.419 e. The van der Waals surface area contributed by atoms with E-state index in [0.29, 0.717) is 12.1 Å². The summed E-state index contributed by atoms with van der Waals surface area (Å²) in [5, 5.41) is 10.8. The molecule has 1 atom stereocenters. The molecule has 0 amide bonds. The van der Waals surface area contributed by atoms with Crippen LogP contribution in [-0.4, -0.2) is 16.7 Å². The van der Waals surface area contributed by atoms with Crippen molar-refractivity contribution in [3.8, 4) is 0 Å². The lowest BCUT2D eigenvalue weighted by molar-refractivity contribution is -0.150. The summed E-state index contributed by atoms with van der Waals surface area (Å²) in [4.78, 5) is 12.2. The average molecular weight is 410 g/mol. The average Bonchev–Trinajstić information content (AvgIpc) is 2.65. The van der Waals surface area contributed by atoms with Crippen LogP contribution in [0.25, 0.3) is 6.08 Å². The maximum atomic E-state index is 13.4. The van der Waals surface area contributed by atoms with E-state index in [1.165, 1.54) is 12.2 Å². The number of alkyl halides is 3. The Kier molecular flexibility index (Phi) is 7.19. The lowest BCUT2D eigenvalue weighted by Crippen LogP contribution is -2.35. The van der Waals surface area contributed by atoms with E-state index in [4.69, 9.17) is 4.74 Å². The van der Waals surface area contributed by atoms with Crippen LogP contribution in [0.3, 0.4) is 0 Å². The van der Waals surface area contributed by atoms with Gasteiger partial charge in [0.2, 0.25) is 0 Å². The minimum absolute atomic E-state index is 0.0461. The monoisotopic (exact) mass is 410 g/mol. The lowest BCUT2D eigenvalue weighted by Gasteiger charge is -2.28. The first-order valence-electron chi connectivity index (χ1n) is 8.99. The van der Waals surface area contributed by atoms with Crippen molar-refractivity contribution in [2.24, 2.45) is 5.92 Å². The lowest BCUT2D eigenvalue weighted by atomic mass is 9.86. The second kappa shape index (κ2) is 9.22. The predicted octanol–water partition coefficient (Wildman–Crippen LogP) is 5.38. The molecule has 0 fully saturated rings. The number of ether oxygens (including phenoxy) is 1. The Labute approximate surface area is 166 Å². The number of benzene rings is 2. The number of aliphatic hydroxyl groups is 1. The first kappa shape index (κ1) is 22.6. The van der Waals surface area contributed by atoms with Gasteiger partial charge in [-0.15, -0.1) is 0 Å². The fraction of sp³-hybridized carbons (Fsp3) is 0.318. The van der Waals surface area contributed by atoms with E-state index < -0.39 is 35.0 Å². The summed E-state index contributed by atoms with van der Waals surface area (Å²) in [6.45, 7) is 3.38. The van der Waals surface area contributed by atoms with Crippen molar-refractivity contribution in [1.82, 2.24) is 0 Å². The van der Waals surface area contributed by atoms with Crippen molar-refractivity contribution in [2.45, 2.75) is 38.7 Å². The number of carbonyl (C=O) groups excluding carboxylic acids is 1. The van der Waals surface area contributed by atoms with Gasteiger partial charge in [-0.2, -0.15) is 13.2 Å². The summed E-state index contributed by atoms with van der Waals surface area (Å²) in [6, 6.07) is 11.5. The molecule has 0 aromatic heterocycles. The van der Waals surface area contributed by atoms with Gasteiger partial charge in [-0.05, 0) is 29.2 Å². The zero-order chi connectivity index (χ0) is 21.7. The molecule has 0 aliphatic carbocycles. The second-order valence-corrected chi connectivity index (χ2v) is 7.04. The van der Waals surface area contributed by atoms with Crippen LogP contribution >= 0.6 is 0 Å². The highest BCUT2D eigenvalue weighted by Gasteiger charge is 2.34. The van der Waals surface area contributed by atoms with Gasteiger partial charge in [0.15, 0.2) is 0 Å². The summed E-state index contributed by atoms with van der Waals surface area (Å²) in [6.07, 6.45) is -2.72. The molecular weight excluding hydrogens is 388 g/mol. The van der Waals surface area contributed by atoms with Gasteiger partial charge in [-0.3, -0.25) is 4.79 Å². The van der Waals surface area contributed by atoms with Crippen LogP contribution in [0.1, 0.15) is 37.0 Å². The quantitative estimate of drug-likeness (QED) is 0.493. The molecule has 1 N–H and O–H groups in total. The molecule has 29 heavy (non-hydrogen) atoms. The minimum atomic E-state index is -4.83. The molecular formula is C22H22F4O3. The molecule has 0 spiro atoms. The van der Waals surface area contributed by atoms with Crippen LogP contribution in [0.2, 0.25) is 0 Å². The molecule has 1 unspecified atom stereocenters. The van der Waals surface area contributed by atoms with Crippen molar-refractivity contribution in [3.63, 3.8) is 0 Å². The Morgan fingerprint density at radius 2 is 1.79 bits per heavy atom. The number of halogens is 4. The standard InChI is InChI=1S/C22H22F4O3/c1-15(2)21(28,13-20(27)29-14-17-6-4-3-5-7-17)11-10-16-8-9-19(23)18(12-16)22(24,25)26/h3-12,15,28H,13-14H2,1-2H3. The fourth-order valence-electron chi connectivity index (χ4n) is 2.58. The highest BCUT2D eigenvalue weighted by Crippen LogP contribution is 2.32. The van der Waals surface area contributed by atoms with Gasteiger partial charge >= 0.3 is 12.1 Å². The highest BCUT2D eigenvalue weighted by molar-refractivity contribution is 5.71. The Hall–Kier alpha value is -2.67. The first-order chi connectivity index (χ1) is 13.5. The minimum Gasteiger partial charge on any atom is -0.461 e. The molecule has 0 heterocycles. The van der Waals surface area contributed by atoms with Crippen molar-refractivity contribution in [3.05, 3.63) is 77.1 Å². The van der Waals surface area contributed by atoms with E-state index in [2.05, 4.69) is 0 Å². The molecule has 0 aliphatic heterocycles. The van der Waals surface area contributed by atoms with Gasteiger partial charge in [-0.1, -0.05) is 62.4 Å². The topological polar surface area (TPSA) is 46.5 Å². The largest absolute Gasteiger partial charge is 0.461 e. The zero-order valence-corrected chi connectivity index (χ0v) is 16.0. The maximum absolute atomic E-state index is 13.4. The van der Waals surface area contributed by atoms with Crippen LogP contribution in [0.4, 0.5) is 17.6 Å². The molecule has 0 saturated heterocycles. The van der Waals surface area contributed by atoms with Gasteiger partial charge in [0.05, 0.1) is 17.6 Å². The molecule has 3 nitrogen and oxygen atoms in total. The number of rotatable bonds is 7. The fourth-order valence-corrected chi connectivity index (χ4v) is 2.58. The first-order valence-corrected chi connectivity index (χ1v) is 8.99. The summed E-state index contributed by atoms with van der Waals surface area (Å²) < 4.78 is 57.1. The van der Waals surface area contributed by atoms with E-state index in [9.17, 15) is 27.5 Å². The van der Waals surface area contributed by atoms with E-state index in [0.717, 1.165) is 11.6 Å². The highest BCUT2D eigenvalue weighted by atomic mass is 19.4. The van der Waals surface area contributed by atoms with Gasteiger partial charge in [0.1, 0.15) is 12.4 Å². The van der Waals surface area contributed by atoms with E-state index in [1.807, 2.05) is 6.07 Å². The van der Waals surface area contributed by atoms with E-state index >= 15 is 0 Å². The Balaban J connectivity index is 2.12. The van der Waals surface area contributed by atoms with E-state index in [1.54, 1.807) is 38.1 Å². The zero-order valence-electron chi connectivity index (χ0n) is 16.0. The van der Waals surface area contributed by atoms with Gasteiger partial charge in [0, 0.05) is 0 Å². The SMILES string of the molecule is CC(C)C(O)(C=Cc1ccc(F)c(C(F)(F)F)c1)CC(=O)OCc1ccccc1. The smallest absolute Gasteiger partial charge is 0.419 e. The third-order valence-electron chi connectivity index (χ3n) is 4.53. The van der Waals surface area contributed by atoms with Crippen molar-refractivity contribution in [2.75, 3.05) is 0 Å². The molecule has 2 rings (SSSR count).